The van der Waals surface area contributed by atoms with E-state index < -0.39 is 0 Å². The highest BCUT2D eigenvalue weighted by atomic mass is 32.1. The lowest BCUT2D eigenvalue weighted by atomic mass is 9.37. The molecule has 0 spiro atoms. The average Bonchev–Trinajstić information content (AvgIpc) is 3.87. The third-order valence-electron chi connectivity index (χ3n) is 14.6. The fourth-order valence-electron chi connectivity index (χ4n) is 11.0. The van der Waals surface area contributed by atoms with E-state index in [4.69, 9.17) is 9.47 Å². The van der Waals surface area contributed by atoms with Crippen LogP contribution in [0, 0.1) is 0 Å². The minimum atomic E-state index is -0.321. The second-order valence-corrected chi connectivity index (χ2v) is 23.3. The number of fused-ring (bicyclic) bond motifs is 13. The second kappa shape index (κ2) is 13.0. The number of thiophene rings is 1. The van der Waals surface area contributed by atoms with Crippen LogP contribution in [0.3, 0.4) is 0 Å². The molecule has 0 amide bonds. The molecule has 0 N–H and O–H groups in total. The molecule has 1 aliphatic carbocycles. The maximum absolute atomic E-state index is 7.50. The maximum Gasteiger partial charge on any atom is 0.273 e. The molecule has 2 aliphatic heterocycles. The van der Waals surface area contributed by atoms with Crippen molar-refractivity contribution in [1.29, 1.82) is 0 Å². The fourth-order valence-corrected chi connectivity index (χ4v) is 12.3. The molecule has 4 heterocycles. The molecule has 9 aromatic rings. The number of nitrogens with zero attached hydrogens (tertiary/aromatic N) is 1. The first-order valence-electron chi connectivity index (χ1n) is 22.9. The summed E-state index contributed by atoms with van der Waals surface area (Å²) in [5.74, 6) is 3.66. The lowest BCUT2D eigenvalue weighted by Gasteiger charge is -2.35. The molecule has 0 fully saturated rings. The molecule has 0 radical (unpaired) electrons. The van der Waals surface area contributed by atoms with Crippen molar-refractivity contribution >= 4 is 65.6 Å². The molecule has 64 heavy (non-hydrogen) atoms. The molecule has 2 aromatic heterocycles. The number of rotatable bonds is 2. The Labute approximate surface area is 381 Å². The minimum absolute atomic E-state index is 0.00240. The molecule has 0 atom stereocenters. The van der Waals surface area contributed by atoms with Crippen LogP contribution in [-0.2, 0) is 21.7 Å². The average molecular weight is 852 g/mol. The SMILES string of the molecule is CC(C)(C)c1ccc2sc3c(c2c1)Oc1cc(-c2ccccc2)cc2c1B3c1cc(-n3c4ccc(C(C)(C)C)cc4c4cc(C(C)(C)C)ccc43)c3c(c1O2)-c1ccccc1C3(C)C. The van der Waals surface area contributed by atoms with E-state index in [1.807, 2.05) is 11.3 Å². The number of hydrogen-bond donors (Lipinski definition) is 0. The van der Waals surface area contributed by atoms with Gasteiger partial charge >= 0.3 is 0 Å². The van der Waals surface area contributed by atoms with Gasteiger partial charge in [0.25, 0.3) is 6.71 Å². The highest BCUT2D eigenvalue weighted by molar-refractivity contribution is 7.33. The summed E-state index contributed by atoms with van der Waals surface area (Å²) >= 11 is 1.87. The van der Waals surface area contributed by atoms with Crippen LogP contribution >= 0.6 is 11.3 Å². The van der Waals surface area contributed by atoms with Gasteiger partial charge < -0.3 is 14.0 Å². The summed E-state index contributed by atoms with van der Waals surface area (Å²) in [6, 6.07) is 48.1. The van der Waals surface area contributed by atoms with Crippen molar-refractivity contribution in [1.82, 2.24) is 4.57 Å². The van der Waals surface area contributed by atoms with Gasteiger partial charge in [-0.05, 0) is 121 Å². The Balaban J connectivity index is 1.22. The quantitative estimate of drug-likeness (QED) is 0.162. The van der Waals surface area contributed by atoms with E-state index >= 15 is 0 Å². The van der Waals surface area contributed by atoms with Gasteiger partial charge in [0.1, 0.15) is 23.0 Å². The summed E-state index contributed by atoms with van der Waals surface area (Å²) in [7, 11) is 0. The van der Waals surface area contributed by atoms with E-state index in [9.17, 15) is 0 Å². The number of hydrogen-bond acceptors (Lipinski definition) is 3. The predicted molar refractivity (Wildman–Crippen MR) is 273 cm³/mol. The van der Waals surface area contributed by atoms with Crippen LogP contribution in [0.2, 0.25) is 0 Å². The van der Waals surface area contributed by atoms with Crippen molar-refractivity contribution in [2.75, 3.05) is 0 Å². The molecule has 3 aliphatic rings. The lowest BCUT2D eigenvalue weighted by molar-refractivity contribution is 0.468. The van der Waals surface area contributed by atoms with Crippen molar-refractivity contribution in [3.8, 4) is 50.9 Å². The van der Waals surface area contributed by atoms with E-state index in [1.165, 1.54) is 86.8 Å². The van der Waals surface area contributed by atoms with Crippen LogP contribution in [-0.4, -0.2) is 11.3 Å². The molecular weight excluding hydrogens is 798 g/mol. The standard InChI is InChI=1S/C59H54BNO2S/c1-56(2,3)35-21-24-44-39(29-35)40-30-36(57(4,5)6)22-25-45(40)61(44)46-32-43-54(50-38-19-15-16-20-42(38)59(10,11)51(46)50)63-48-28-34(33-17-13-12-14-18-33)27-47-52(48)60(43)55-53(62-47)41-31-37(58(7,8)9)23-26-49(41)64-55/h12-32H,1-11H3. The summed E-state index contributed by atoms with van der Waals surface area (Å²) in [5, 5.41) is 3.76. The van der Waals surface area contributed by atoms with Gasteiger partial charge in [-0.25, -0.2) is 0 Å². The molecular formula is C59H54BNO2S. The Hall–Kier alpha value is -6.04. The van der Waals surface area contributed by atoms with E-state index in [-0.39, 0.29) is 28.4 Å². The molecule has 7 aromatic carbocycles. The Morgan fingerprint density at radius 2 is 1.09 bits per heavy atom. The van der Waals surface area contributed by atoms with Gasteiger partial charge in [0, 0.05) is 42.1 Å². The van der Waals surface area contributed by atoms with Gasteiger partial charge in [-0.1, -0.05) is 149 Å². The topological polar surface area (TPSA) is 23.4 Å². The summed E-state index contributed by atoms with van der Waals surface area (Å²) in [6.45, 7) is 25.5. The van der Waals surface area contributed by atoms with Crippen molar-refractivity contribution in [2.24, 2.45) is 0 Å². The van der Waals surface area contributed by atoms with Crippen LogP contribution in [0.1, 0.15) is 104 Å². The molecule has 0 unspecified atom stereocenters. The van der Waals surface area contributed by atoms with Crippen LogP contribution in [0.4, 0.5) is 0 Å². The minimum Gasteiger partial charge on any atom is -0.458 e. The van der Waals surface area contributed by atoms with Crippen molar-refractivity contribution in [2.45, 2.75) is 97.8 Å². The molecule has 0 saturated heterocycles. The normalized spacial score (nSPS) is 14.8. The zero-order chi connectivity index (χ0) is 44.4. The fraction of sp³-hybridized carbons (Fsp3) is 0.254. The highest BCUT2D eigenvalue weighted by Crippen LogP contribution is 2.57. The van der Waals surface area contributed by atoms with Gasteiger partial charge in [-0.2, -0.15) is 0 Å². The van der Waals surface area contributed by atoms with E-state index in [1.54, 1.807) is 0 Å². The van der Waals surface area contributed by atoms with Crippen molar-refractivity contribution < 1.29 is 9.47 Å². The molecule has 0 bridgehead atoms. The van der Waals surface area contributed by atoms with Gasteiger partial charge in [0.05, 0.1) is 16.7 Å². The van der Waals surface area contributed by atoms with Crippen LogP contribution in [0.15, 0.2) is 127 Å². The van der Waals surface area contributed by atoms with Gasteiger partial charge in [0.2, 0.25) is 0 Å². The van der Waals surface area contributed by atoms with Crippen LogP contribution in [0.25, 0.3) is 59.8 Å². The summed E-state index contributed by atoms with van der Waals surface area (Å²) in [4.78, 5) is 0. The first-order valence-corrected chi connectivity index (χ1v) is 23.8. The van der Waals surface area contributed by atoms with Gasteiger partial charge in [-0.3, -0.25) is 0 Å². The zero-order valence-corrected chi connectivity index (χ0v) is 39.7. The Bertz CT molecular complexity index is 3400. The highest BCUT2D eigenvalue weighted by Gasteiger charge is 2.48. The molecule has 3 nitrogen and oxygen atoms in total. The summed E-state index contributed by atoms with van der Waals surface area (Å²) < 4.78 is 19.8. The van der Waals surface area contributed by atoms with Crippen molar-refractivity contribution in [3.05, 3.63) is 155 Å². The predicted octanol–water partition coefficient (Wildman–Crippen LogP) is 14.6. The van der Waals surface area contributed by atoms with Crippen LogP contribution < -0.4 is 25.2 Å². The summed E-state index contributed by atoms with van der Waals surface area (Å²) in [5.41, 5.74) is 16.9. The van der Waals surface area contributed by atoms with E-state index in [0.717, 1.165) is 39.6 Å². The number of ether oxygens (including phenoxy) is 2. The number of benzene rings is 7. The second-order valence-electron chi connectivity index (χ2n) is 22.2. The third-order valence-corrected chi connectivity index (χ3v) is 15.8. The molecule has 316 valence electrons. The molecule has 12 rings (SSSR count). The first kappa shape index (κ1) is 39.5. The third kappa shape index (κ3) is 5.59. The van der Waals surface area contributed by atoms with Crippen molar-refractivity contribution in [3.63, 3.8) is 0 Å². The first-order chi connectivity index (χ1) is 30.4. The Kier molecular flexibility index (Phi) is 8.06. The maximum atomic E-state index is 7.50. The largest absolute Gasteiger partial charge is 0.458 e. The number of aromatic nitrogens is 1. The smallest absolute Gasteiger partial charge is 0.273 e. The van der Waals surface area contributed by atoms with E-state index in [2.05, 4.69) is 208 Å². The molecule has 5 heteroatoms. The van der Waals surface area contributed by atoms with Gasteiger partial charge in [-0.15, -0.1) is 11.3 Å². The summed E-state index contributed by atoms with van der Waals surface area (Å²) in [6.07, 6.45) is 0. The Morgan fingerprint density at radius 1 is 0.547 bits per heavy atom. The Morgan fingerprint density at radius 3 is 1.70 bits per heavy atom. The monoisotopic (exact) mass is 851 g/mol. The van der Waals surface area contributed by atoms with E-state index in [0.29, 0.717) is 0 Å². The zero-order valence-electron chi connectivity index (χ0n) is 38.9. The molecule has 0 saturated carbocycles. The van der Waals surface area contributed by atoms with Gasteiger partial charge in [0.15, 0.2) is 0 Å². The lowest BCUT2D eigenvalue weighted by Crippen LogP contribution is -2.56. The van der Waals surface area contributed by atoms with Crippen LogP contribution in [0.5, 0.6) is 23.0 Å².